The zero-order chi connectivity index (χ0) is 28.7. The van der Waals surface area contributed by atoms with Crippen LogP contribution in [0.25, 0.3) is 10.4 Å². The second kappa shape index (κ2) is 10.7. The summed E-state index contributed by atoms with van der Waals surface area (Å²) in [5.74, 6) is -1.25. The van der Waals surface area contributed by atoms with Crippen molar-refractivity contribution in [1.82, 2.24) is 20.5 Å². The molecule has 3 N–H and O–H groups in total. The van der Waals surface area contributed by atoms with Gasteiger partial charge in [0, 0.05) is 13.0 Å². The van der Waals surface area contributed by atoms with Crippen molar-refractivity contribution in [1.29, 1.82) is 5.26 Å². The van der Waals surface area contributed by atoms with Crippen LogP contribution in [0.5, 0.6) is 0 Å². The van der Waals surface area contributed by atoms with E-state index in [0.29, 0.717) is 12.8 Å². The van der Waals surface area contributed by atoms with Gasteiger partial charge in [-0.1, -0.05) is 39.0 Å². The zero-order valence-electron chi connectivity index (χ0n) is 23.4. The lowest BCUT2D eigenvalue weighted by Crippen LogP contribution is -2.58. The number of aryl methyl sites for hydroxylation is 2. The van der Waals surface area contributed by atoms with Crippen molar-refractivity contribution in [2.75, 3.05) is 6.54 Å². The maximum atomic E-state index is 13.7. The predicted molar refractivity (Wildman–Crippen MR) is 148 cm³/mol. The van der Waals surface area contributed by atoms with Crippen molar-refractivity contribution < 1.29 is 19.5 Å². The lowest BCUT2D eigenvalue weighted by atomic mass is 9.85. The summed E-state index contributed by atoms with van der Waals surface area (Å²) in [6.45, 7) is 11.3. The average Bonchev–Trinajstić information content (AvgIpc) is 3.40. The van der Waals surface area contributed by atoms with Gasteiger partial charge in [0.1, 0.15) is 17.5 Å². The largest absolute Gasteiger partial charge is 0.391 e. The predicted octanol–water partition coefficient (Wildman–Crippen LogP) is 3.40. The van der Waals surface area contributed by atoms with Gasteiger partial charge < -0.3 is 20.6 Å². The monoisotopic (exact) mass is 551 g/mol. The quantitative estimate of drug-likeness (QED) is 0.483. The minimum atomic E-state index is -1.08. The molecule has 10 heteroatoms. The number of likely N-dealkylation sites (tertiary alicyclic amines) is 1. The SMILES string of the molecule is Cc1cc(-c2scnc2C)ccc1[C@H](C)NC(=O)[C@@H]1C[C@@H](O)CN1C(=O)[C@@H](NC(=O)C1(C#N)CC1)C(C)(C)C. The number of nitriles is 1. The first kappa shape index (κ1) is 28.7. The Morgan fingerprint density at radius 1 is 1.23 bits per heavy atom. The number of aliphatic hydroxyl groups is 1. The highest BCUT2D eigenvalue weighted by atomic mass is 32.1. The van der Waals surface area contributed by atoms with Crippen LogP contribution in [0.4, 0.5) is 0 Å². The first-order valence-corrected chi connectivity index (χ1v) is 14.2. The second-order valence-corrected chi connectivity index (χ2v) is 12.8. The van der Waals surface area contributed by atoms with Crippen LogP contribution in [0.2, 0.25) is 0 Å². The molecule has 4 rings (SSSR count). The smallest absolute Gasteiger partial charge is 0.246 e. The van der Waals surface area contributed by atoms with Gasteiger partial charge in [0.2, 0.25) is 17.7 Å². The van der Waals surface area contributed by atoms with Crippen LogP contribution in [0.1, 0.15) is 69.8 Å². The number of nitrogens with zero attached hydrogens (tertiary/aromatic N) is 3. The average molecular weight is 552 g/mol. The fraction of sp³-hybridized carbons (Fsp3) is 0.552. The van der Waals surface area contributed by atoms with Gasteiger partial charge in [0.15, 0.2) is 0 Å². The fourth-order valence-corrected chi connectivity index (χ4v) is 5.98. The first-order valence-electron chi connectivity index (χ1n) is 13.3. The summed E-state index contributed by atoms with van der Waals surface area (Å²) >= 11 is 1.59. The van der Waals surface area contributed by atoms with Crippen molar-refractivity contribution in [2.45, 2.75) is 85.0 Å². The van der Waals surface area contributed by atoms with Gasteiger partial charge in [-0.3, -0.25) is 14.4 Å². The lowest BCUT2D eigenvalue weighted by Gasteiger charge is -2.36. The molecule has 0 radical (unpaired) electrons. The van der Waals surface area contributed by atoms with Crippen LogP contribution in [0, 0.1) is 36.0 Å². The number of nitrogens with one attached hydrogen (secondary N) is 2. The molecule has 2 aromatic rings. The summed E-state index contributed by atoms with van der Waals surface area (Å²) < 4.78 is 0. The van der Waals surface area contributed by atoms with Crippen LogP contribution in [0.15, 0.2) is 23.7 Å². The van der Waals surface area contributed by atoms with Gasteiger partial charge in [-0.05, 0) is 55.7 Å². The molecular weight excluding hydrogens is 514 g/mol. The maximum Gasteiger partial charge on any atom is 0.246 e. The summed E-state index contributed by atoms with van der Waals surface area (Å²) in [7, 11) is 0. The molecule has 3 amide bonds. The van der Waals surface area contributed by atoms with E-state index in [0.717, 1.165) is 27.3 Å². The Morgan fingerprint density at radius 3 is 2.46 bits per heavy atom. The zero-order valence-corrected chi connectivity index (χ0v) is 24.2. The van der Waals surface area contributed by atoms with E-state index in [9.17, 15) is 24.8 Å². The number of hydrogen-bond donors (Lipinski definition) is 3. The molecule has 1 aromatic heterocycles. The highest BCUT2D eigenvalue weighted by Gasteiger charge is 2.53. The van der Waals surface area contributed by atoms with Crippen molar-refractivity contribution in [3.63, 3.8) is 0 Å². The van der Waals surface area contributed by atoms with E-state index in [1.165, 1.54) is 4.90 Å². The Morgan fingerprint density at radius 2 is 1.92 bits per heavy atom. The lowest BCUT2D eigenvalue weighted by molar-refractivity contribution is -0.144. The third-order valence-electron chi connectivity index (χ3n) is 7.75. The van der Waals surface area contributed by atoms with Crippen LogP contribution >= 0.6 is 11.3 Å². The van der Waals surface area contributed by atoms with Crippen molar-refractivity contribution in [3.8, 4) is 16.5 Å². The molecule has 2 fully saturated rings. The summed E-state index contributed by atoms with van der Waals surface area (Å²) in [5, 5.41) is 25.7. The number of β-amino-alcohol motifs (C(OH)–C–C–N with tert-alkyl or cyclic N) is 1. The molecule has 39 heavy (non-hydrogen) atoms. The van der Waals surface area contributed by atoms with Gasteiger partial charge in [0.05, 0.1) is 34.3 Å². The molecule has 1 saturated carbocycles. The summed E-state index contributed by atoms with van der Waals surface area (Å²) in [4.78, 5) is 46.8. The Bertz CT molecular complexity index is 1320. The Hall–Kier alpha value is -3.29. The summed E-state index contributed by atoms with van der Waals surface area (Å²) in [5.41, 5.74) is 4.10. The molecule has 2 heterocycles. The van der Waals surface area contributed by atoms with E-state index in [4.69, 9.17) is 0 Å². The number of aromatic nitrogens is 1. The molecule has 208 valence electrons. The number of hydrogen-bond acceptors (Lipinski definition) is 7. The molecule has 0 unspecified atom stereocenters. The summed E-state index contributed by atoms with van der Waals surface area (Å²) in [6, 6.07) is 6.01. The van der Waals surface area contributed by atoms with Crippen LogP contribution < -0.4 is 10.6 Å². The van der Waals surface area contributed by atoms with E-state index < -0.39 is 40.8 Å². The Balaban J connectivity index is 1.49. The standard InChI is InChI=1S/C29H37N5O4S/c1-16-11-19(23-18(3)31-15-39-23)7-8-21(16)17(2)32-25(36)22-12-20(35)13-34(22)26(37)24(28(4,5)6)33-27(38)29(14-30)9-10-29/h7-8,11,15,17,20,22,24,35H,9-10,12-13H2,1-6H3,(H,32,36)(H,33,38)/t17-,20+,22-,24+/m0/s1. The number of aliphatic hydroxyl groups excluding tert-OH is 1. The number of carbonyl (C=O) groups excluding carboxylic acids is 3. The number of rotatable bonds is 7. The van der Waals surface area contributed by atoms with Crippen molar-refractivity contribution in [2.24, 2.45) is 10.8 Å². The molecule has 4 atom stereocenters. The normalized spacial score (nSPS) is 21.5. The minimum absolute atomic E-state index is 0.000923. The fourth-order valence-electron chi connectivity index (χ4n) is 5.17. The topological polar surface area (TPSA) is 135 Å². The molecule has 0 bridgehead atoms. The van der Waals surface area contributed by atoms with Crippen LogP contribution in [-0.4, -0.2) is 57.4 Å². The molecule has 9 nitrogen and oxygen atoms in total. The second-order valence-electron chi connectivity index (χ2n) is 11.9. The van der Waals surface area contributed by atoms with Crippen molar-refractivity contribution in [3.05, 3.63) is 40.5 Å². The molecule has 1 aliphatic heterocycles. The van der Waals surface area contributed by atoms with E-state index in [2.05, 4.69) is 27.8 Å². The number of carbonyl (C=O) groups is 3. The molecule has 1 saturated heterocycles. The van der Waals surface area contributed by atoms with Gasteiger partial charge >= 0.3 is 0 Å². The third kappa shape index (κ3) is 5.85. The van der Waals surface area contributed by atoms with Gasteiger partial charge in [-0.15, -0.1) is 11.3 Å². The van der Waals surface area contributed by atoms with Crippen LogP contribution in [-0.2, 0) is 14.4 Å². The number of thiazole rings is 1. The molecule has 1 aromatic carbocycles. The number of amides is 3. The molecule has 2 aliphatic rings. The molecule has 0 spiro atoms. The Kier molecular flexibility index (Phi) is 7.88. The number of benzene rings is 1. The highest BCUT2D eigenvalue weighted by molar-refractivity contribution is 7.13. The third-order valence-corrected chi connectivity index (χ3v) is 8.73. The minimum Gasteiger partial charge on any atom is -0.391 e. The Labute approximate surface area is 233 Å². The van der Waals surface area contributed by atoms with Crippen LogP contribution in [0.3, 0.4) is 0 Å². The maximum absolute atomic E-state index is 13.7. The van der Waals surface area contributed by atoms with E-state index >= 15 is 0 Å². The van der Waals surface area contributed by atoms with E-state index in [-0.39, 0.29) is 24.9 Å². The van der Waals surface area contributed by atoms with E-state index in [1.807, 2.05) is 59.2 Å². The summed E-state index contributed by atoms with van der Waals surface area (Å²) in [6.07, 6.45) is 0.194. The highest BCUT2D eigenvalue weighted by Crippen LogP contribution is 2.45. The van der Waals surface area contributed by atoms with Gasteiger partial charge in [-0.2, -0.15) is 5.26 Å². The van der Waals surface area contributed by atoms with Gasteiger partial charge in [0.25, 0.3) is 0 Å². The van der Waals surface area contributed by atoms with E-state index in [1.54, 1.807) is 11.3 Å². The molecule has 1 aliphatic carbocycles. The van der Waals surface area contributed by atoms with Crippen molar-refractivity contribution >= 4 is 29.1 Å². The van der Waals surface area contributed by atoms with Gasteiger partial charge in [-0.25, -0.2) is 4.98 Å². The first-order chi connectivity index (χ1) is 18.3. The molecular formula is C29H37N5O4S.